The van der Waals surface area contributed by atoms with Crippen molar-refractivity contribution in [3.05, 3.63) is 53.8 Å². The Morgan fingerprint density at radius 1 is 1.06 bits per heavy atom. The van der Waals surface area contributed by atoms with E-state index < -0.39 is 34.3 Å². The third-order valence-electron chi connectivity index (χ3n) is 5.54. The van der Waals surface area contributed by atoms with Gasteiger partial charge in [-0.25, -0.2) is 12.8 Å². The number of anilines is 1. The summed E-state index contributed by atoms with van der Waals surface area (Å²) < 4.78 is 50.5. The molecule has 36 heavy (non-hydrogen) atoms. The van der Waals surface area contributed by atoms with Gasteiger partial charge in [-0.15, -0.1) is 0 Å². The summed E-state index contributed by atoms with van der Waals surface area (Å²) in [5.74, 6) is -0.722. The van der Waals surface area contributed by atoms with Crippen LogP contribution in [0.1, 0.15) is 32.3 Å². The van der Waals surface area contributed by atoms with Crippen LogP contribution < -0.4 is 19.1 Å². The van der Waals surface area contributed by atoms with Gasteiger partial charge in [0.1, 0.15) is 29.9 Å². The number of nitrogens with one attached hydrogen (secondary N) is 1. The number of sulfonamides is 1. The molecule has 0 aromatic heterocycles. The fourth-order valence-corrected chi connectivity index (χ4v) is 4.51. The molecule has 0 heterocycles. The van der Waals surface area contributed by atoms with Crippen molar-refractivity contribution < 1.29 is 31.9 Å². The summed E-state index contributed by atoms with van der Waals surface area (Å²) in [5, 5.41) is 2.80. The highest BCUT2D eigenvalue weighted by Crippen LogP contribution is 2.33. The van der Waals surface area contributed by atoms with E-state index in [0.717, 1.165) is 10.6 Å². The summed E-state index contributed by atoms with van der Waals surface area (Å²) in [4.78, 5) is 27.9. The highest BCUT2D eigenvalue weighted by atomic mass is 32.2. The van der Waals surface area contributed by atoms with Crippen molar-refractivity contribution in [2.75, 3.05) is 37.9 Å². The molecule has 1 atom stereocenters. The van der Waals surface area contributed by atoms with E-state index >= 15 is 0 Å². The van der Waals surface area contributed by atoms with Gasteiger partial charge in [-0.1, -0.05) is 26.0 Å². The Morgan fingerprint density at radius 3 is 2.25 bits per heavy atom. The molecular formula is C25H34FN3O6S. The summed E-state index contributed by atoms with van der Waals surface area (Å²) in [7, 11) is -1.08. The van der Waals surface area contributed by atoms with Crippen LogP contribution in [0.15, 0.2) is 42.5 Å². The number of rotatable bonds is 13. The number of halogens is 1. The van der Waals surface area contributed by atoms with Crippen LogP contribution in [-0.2, 0) is 26.2 Å². The number of benzene rings is 2. The van der Waals surface area contributed by atoms with E-state index in [4.69, 9.17) is 9.47 Å². The number of methoxy groups -OCH3 is 2. The van der Waals surface area contributed by atoms with Crippen LogP contribution in [0.5, 0.6) is 11.5 Å². The molecule has 0 saturated carbocycles. The fraction of sp³-hybridized carbons (Fsp3) is 0.440. The molecule has 0 bridgehead atoms. The number of amides is 2. The third kappa shape index (κ3) is 7.58. The summed E-state index contributed by atoms with van der Waals surface area (Å²) >= 11 is 0. The van der Waals surface area contributed by atoms with Gasteiger partial charge in [0.15, 0.2) is 0 Å². The minimum atomic E-state index is -3.93. The van der Waals surface area contributed by atoms with Crippen LogP contribution in [0, 0.1) is 5.82 Å². The number of hydrogen-bond donors (Lipinski definition) is 1. The second-order valence-electron chi connectivity index (χ2n) is 8.17. The zero-order chi connectivity index (χ0) is 26.9. The Balaban J connectivity index is 2.48. The van der Waals surface area contributed by atoms with E-state index in [0.29, 0.717) is 30.7 Å². The lowest BCUT2D eigenvalue weighted by Crippen LogP contribution is -2.52. The number of carbonyl (C=O) groups is 2. The lowest BCUT2D eigenvalue weighted by molar-refractivity contribution is -0.140. The SMILES string of the molecule is CCCNC(=O)[C@@H](CC)N(Cc1ccc(F)cc1)C(=O)CN(c1ccc(OC)cc1OC)S(C)(=O)=O. The largest absolute Gasteiger partial charge is 0.497 e. The average molecular weight is 524 g/mol. The van der Waals surface area contributed by atoms with Crippen LogP contribution in [0.4, 0.5) is 10.1 Å². The normalized spacial score (nSPS) is 11.9. The Bertz CT molecular complexity index is 1140. The van der Waals surface area contributed by atoms with Gasteiger partial charge >= 0.3 is 0 Å². The first-order chi connectivity index (χ1) is 17.0. The zero-order valence-corrected chi connectivity index (χ0v) is 22.1. The molecule has 1 N–H and O–H groups in total. The Morgan fingerprint density at radius 2 is 1.72 bits per heavy atom. The average Bonchev–Trinajstić information content (AvgIpc) is 2.85. The number of nitrogens with zero attached hydrogens (tertiary/aromatic N) is 2. The van der Waals surface area contributed by atoms with Crippen LogP contribution in [0.25, 0.3) is 0 Å². The maximum atomic E-state index is 13.6. The van der Waals surface area contributed by atoms with Gasteiger partial charge in [0.05, 0.1) is 26.2 Å². The minimum Gasteiger partial charge on any atom is -0.497 e. The molecule has 0 saturated heterocycles. The van der Waals surface area contributed by atoms with Crippen molar-refractivity contribution in [1.29, 1.82) is 0 Å². The lowest BCUT2D eigenvalue weighted by atomic mass is 10.1. The molecule has 198 valence electrons. The molecule has 2 amide bonds. The van der Waals surface area contributed by atoms with Crippen LogP contribution in [0.2, 0.25) is 0 Å². The van der Waals surface area contributed by atoms with Gasteiger partial charge in [0, 0.05) is 19.2 Å². The first-order valence-corrected chi connectivity index (χ1v) is 13.4. The van der Waals surface area contributed by atoms with E-state index in [1.54, 1.807) is 13.0 Å². The summed E-state index contributed by atoms with van der Waals surface area (Å²) in [6.45, 7) is 3.54. The highest BCUT2D eigenvalue weighted by molar-refractivity contribution is 7.92. The molecule has 2 aromatic carbocycles. The van der Waals surface area contributed by atoms with Gasteiger partial charge in [-0.3, -0.25) is 13.9 Å². The zero-order valence-electron chi connectivity index (χ0n) is 21.3. The van der Waals surface area contributed by atoms with Crippen molar-refractivity contribution in [3.63, 3.8) is 0 Å². The van der Waals surface area contributed by atoms with Crippen molar-refractivity contribution >= 4 is 27.5 Å². The van der Waals surface area contributed by atoms with E-state index in [1.807, 2.05) is 6.92 Å². The topological polar surface area (TPSA) is 105 Å². The van der Waals surface area contributed by atoms with Gasteiger partial charge < -0.3 is 19.7 Å². The van der Waals surface area contributed by atoms with Crippen molar-refractivity contribution in [2.24, 2.45) is 0 Å². The summed E-state index contributed by atoms with van der Waals surface area (Å²) in [6.07, 6.45) is 2.00. The fourth-order valence-electron chi connectivity index (χ4n) is 3.66. The van der Waals surface area contributed by atoms with Crippen LogP contribution in [0.3, 0.4) is 0 Å². The van der Waals surface area contributed by atoms with E-state index in [-0.39, 0.29) is 23.9 Å². The number of ether oxygens (including phenoxy) is 2. The summed E-state index contributed by atoms with van der Waals surface area (Å²) in [6, 6.07) is 9.28. The predicted molar refractivity (Wildman–Crippen MR) is 136 cm³/mol. The van der Waals surface area contributed by atoms with Gasteiger partial charge in [0.25, 0.3) is 0 Å². The molecule has 9 nitrogen and oxygen atoms in total. The molecule has 2 aromatic rings. The third-order valence-corrected chi connectivity index (χ3v) is 6.66. The maximum absolute atomic E-state index is 13.6. The van der Waals surface area contributed by atoms with Crippen LogP contribution in [-0.4, -0.2) is 64.7 Å². The van der Waals surface area contributed by atoms with E-state index in [9.17, 15) is 22.4 Å². The molecule has 11 heteroatoms. The minimum absolute atomic E-state index is 0.00544. The van der Waals surface area contributed by atoms with E-state index in [2.05, 4.69) is 5.32 Å². The van der Waals surface area contributed by atoms with Gasteiger partial charge in [0.2, 0.25) is 21.8 Å². The molecule has 0 aliphatic rings. The van der Waals surface area contributed by atoms with Gasteiger partial charge in [-0.2, -0.15) is 0 Å². The molecule has 2 rings (SSSR count). The molecule has 0 unspecified atom stereocenters. The van der Waals surface area contributed by atoms with Crippen LogP contribution >= 0.6 is 0 Å². The lowest BCUT2D eigenvalue weighted by Gasteiger charge is -2.33. The molecule has 0 fully saturated rings. The highest BCUT2D eigenvalue weighted by Gasteiger charge is 2.32. The molecule has 0 radical (unpaired) electrons. The number of hydrogen-bond acceptors (Lipinski definition) is 6. The summed E-state index contributed by atoms with van der Waals surface area (Å²) in [5.41, 5.74) is 0.749. The van der Waals surface area contributed by atoms with Crippen molar-refractivity contribution in [1.82, 2.24) is 10.2 Å². The Labute approximate surface area is 212 Å². The molecule has 0 aliphatic carbocycles. The predicted octanol–water partition coefficient (Wildman–Crippen LogP) is 2.94. The quantitative estimate of drug-likeness (QED) is 0.433. The van der Waals surface area contributed by atoms with E-state index in [1.165, 1.54) is 55.5 Å². The monoisotopic (exact) mass is 523 g/mol. The second-order valence-corrected chi connectivity index (χ2v) is 10.1. The van der Waals surface area contributed by atoms with Crippen molar-refractivity contribution in [3.8, 4) is 11.5 Å². The first-order valence-electron chi connectivity index (χ1n) is 11.6. The maximum Gasteiger partial charge on any atom is 0.244 e. The first kappa shape index (κ1) is 28.9. The van der Waals surface area contributed by atoms with Gasteiger partial charge in [-0.05, 0) is 42.7 Å². The number of carbonyl (C=O) groups excluding carboxylic acids is 2. The second kappa shape index (κ2) is 13.1. The Hall–Kier alpha value is -3.34. The molecular weight excluding hydrogens is 489 g/mol. The Kier molecular flexibility index (Phi) is 10.5. The van der Waals surface area contributed by atoms with Crippen molar-refractivity contribution in [2.45, 2.75) is 39.3 Å². The smallest absolute Gasteiger partial charge is 0.244 e. The molecule has 0 spiro atoms. The standard InChI is InChI=1S/C25H34FN3O6S/c1-6-14-27-25(31)21(7-2)28(16-18-8-10-19(26)11-9-18)24(30)17-29(36(5,32)33)22-13-12-20(34-3)15-23(22)35-4/h8-13,15,21H,6-7,14,16-17H2,1-5H3,(H,27,31)/t21-/m1/s1. The molecule has 0 aliphatic heterocycles.